The van der Waals surface area contributed by atoms with Gasteiger partial charge < -0.3 is 9.15 Å². The van der Waals surface area contributed by atoms with Gasteiger partial charge in [0.05, 0.1) is 5.69 Å². The van der Waals surface area contributed by atoms with Crippen molar-refractivity contribution in [3.8, 4) is 17.0 Å². The van der Waals surface area contributed by atoms with Gasteiger partial charge in [-0.05, 0) is 24.3 Å². The molecule has 2 aromatic heterocycles. The molecular formula is C16H12F2N2O5S2. The average Bonchev–Trinajstić information content (AvgIpc) is 3.23. The number of nitrogens with zero attached hydrogens (tertiary/aromatic N) is 1. The minimum atomic E-state index is -3.57. The van der Waals surface area contributed by atoms with E-state index >= 15 is 0 Å². The molecule has 0 aliphatic rings. The van der Waals surface area contributed by atoms with E-state index in [0.717, 1.165) is 17.6 Å². The van der Waals surface area contributed by atoms with Gasteiger partial charge in [0.15, 0.2) is 10.9 Å². The summed E-state index contributed by atoms with van der Waals surface area (Å²) in [5.74, 6) is -0.934. The van der Waals surface area contributed by atoms with Gasteiger partial charge in [-0.3, -0.25) is 10.1 Å². The number of anilines is 1. The molecule has 0 spiro atoms. The molecule has 0 atom stereocenters. The quantitative estimate of drug-likeness (QED) is 0.661. The Morgan fingerprint density at radius 3 is 2.67 bits per heavy atom. The zero-order valence-electron chi connectivity index (χ0n) is 13.7. The first-order valence-electron chi connectivity index (χ1n) is 7.35. The van der Waals surface area contributed by atoms with Crippen LogP contribution in [0.25, 0.3) is 11.3 Å². The highest BCUT2D eigenvalue weighted by Crippen LogP contribution is 2.33. The van der Waals surface area contributed by atoms with Crippen LogP contribution in [0.4, 0.5) is 13.9 Å². The lowest BCUT2D eigenvalue weighted by Gasteiger charge is -2.08. The fourth-order valence-corrected chi connectivity index (χ4v) is 3.39. The van der Waals surface area contributed by atoms with Gasteiger partial charge in [0, 0.05) is 17.2 Å². The third-order valence-electron chi connectivity index (χ3n) is 3.27. The molecule has 0 bridgehead atoms. The summed E-state index contributed by atoms with van der Waals surface area (Å²) >= 11 is 1.06. The number of para-hydroxylation sites is 1. The number of thiazole rings is 1. The minimum absolute atomic E-state index is 0.0421. The molecule has 11 heteroatoms. The van der Waals surface area contributed by atoms with Crippen LogP contribution in [0.15, 0.2) is 51.3 Å². The molecule has 7 nitrogen and oxygen atoms in total. The first kappa shape index (κ1) is 19.0. The van der Waals surface area contributed by atoms with Crippen molar-refractivity contribution in [2.24, 2.45) is 0 Å². The minimum Gasteiger partial charge on any atom is -0.440 e. The van der Waals surface area contributed by atoms with Crippen molar-refractivity contribution in [2.45, 2.75) is 11.7 Å². The molecule has 1 amide bonds. The number of sulfone groups is 1. The molecule has 142 valence electrons. The van der Waals surface area contributed by atoms with E-state index in [2.05, 4.69) is 15.0 Å². The van der Waals surface area contributed by atoms with E-state index < -0.39 is 22.4 Å². The summed E-state index contributed by atoms with van der Waals surface area (Å²) in [4.78, 5) is 16.3. The van der Waals surface area contributed by atoms with Crippen molar-refractivity contribution in [1.29, 1.82) is 0 Å². The van der Waals surface area contributed by atoms with Gasteiger partial charge in [0.2, 0.25) is 14.9 Å². The van der Waals surface area contributed by atoms with Crippen LogP contribution in [-0.2, 0) is 9.84 Å². The molecule has 0 unspecified atom stereocenters. The highest BCUT2D eigenvalue weighted by Gasteiger charge is 2.19. The number of alkyl halides is 2. The molecule has 0 radical (unpaired) electrons. The predicted octanol–water partition coefficient (Wildman–Crippen LogP) is 3.66. The summed E-state index contributed by atoms with van der Waals surface area (Å²) in [7, 11) is -3.57. The standard InChI is InChI=1S/C16H12F2N2O5S2/c1-27(22,23)13-7-6-12(24-13)14(21)20-16-19-10(8-26-16)9-4-2-3-5-11(9)25-15(17)18/h2-8,15H,1H3,(H,19,20,21). The van der Waals surface area contributed by atoms with Crippen LogP contribution < -0.4 is 10.1 Å². The summed E-state index contributed by atoms with van der Waals surface area (Å²) in [5.41, 5.74) is 0.676. The van der Waals surface area contributed by atoms with Gasteiger partial charge >= 0.3 is 6.61 Å². The molecule has 3 rings (SSSR count). The Morgan fingerprint density at radius 1 is 1.26 bits per heavy atom. The summed E-state index contributed by atoms with van der Waals surface area (Å²) < 4.78 is 57.3. The van der Waals surface area contributed by atoms with Gasteiger partial charge in [-0.15, -0.1) is 11.3 Å². The molecule has 0 aliphatic heterocycles. The van der Waals surface area contributed by atoms with Gasteiger partial charge in [-0.2, -0.15) is 8.78 Å². The fraction of sp³-hybridized carbons (Fsp3) is 0.125. The Bertz CT molecular complexity index is 1080. The number of carbonyl (C=O) groups excluding carboxylic acids is 1. The predicted molar refractivity (Wildman–Crippen MR) is 94.0 cm³/mol. The fourth-order valence-electron chi connectivity index (χ4n) is 2.13. The number of halogens is 2. The molecule has 0 aliphatic carbocycles. The second kappa shape index (κ2) is 7.45. The molecule has 1 aromatic carbocycles. The lowest BCUT2D eigenvalue weighted by atomic mass is 10.1. The average molecular weight is 414 g/mol. The van der Waals surface area contributed by atoms with Crippen LogP contribution in [0.5, 0.6) is 5.75 Å². The molecule has 0 saturated carbocycles. The maximum absolute atomic E-state index is 12.5. The molecule has 27 heavy (non-hydrogen) atoms. The number of carbonyl (C=O) groups is 1. The van der Waals surface area contributed by atoms with Crippen LogP contribution >= 0.6 is 11.3 Å². The van der Waals surface area contributed by atoms with Gasteiger partial charge in [-0.25, -0.2) is 13.4 Å². The Kier molecular flexibility index (Phi) is 5.24. The zero-order chi connectivity index (χ0) is 19.6. The van der Waals surface area contributed by atoms with E-state index in [9.17, 15) is 22.0 Å². The van der Waals surface area contributed by atoms with Crippen LogP contribution in [0.3, 0.4) is 0 Å². The highest BCUT2D eigenvalue weighted by atomic mass is 32.2. The van der Waals surface area contributed by atoms with E-state index in [-0.39, 0.29) is 21.7 Å². The number of amides is 1. The number of hydrogen-bond acceptors (Lipinski definition) is 7. The molecule has 2 heterocycles. The normalized spacial score (nSPS) is 11.6. The second-order valence-electron chi connectivity index (χ2n) is 5.26. The topological polar surface area (TPSA) is 98.5 Å². The van der Waals surface area contributed by atoms with E-state index in [1.165, 1.54) is 18.2 Å². The van der Waals surface area contributed by atoms with Crippen molar-refractivity contribution >= 4 is 32.2 Å². The maximum Gasteiger partial charge on any atom is 0.387 e. The highest BCUT2D eigenvalue weighted by molar-refractivity contribution is 7.90. The van der Waals surface area contributed by atoms with Gasteiger partial charge in [-0.1, -0.05) is 12.1 Å². The second-order valence-corrected chi connectivity index (χ2v) is 8.06. The Hall–Kier alpha value is -2.79. The number of rotatable bonds is 6. The monoisotopic (exact) mass is 414 g/mol. The van der Waals surface area contributed by atoms with E-state index in [0.29, 0.717) is 11.3 Å². The molecule has 1 N–H and O–H groups in total. The molecule has 0 fully saturated rings. The van der Waals surface area contributed by atoms with E-state index in [4.69, 9.17) is 4.42 Å². The zero-order valence-corrected chi connectivity index (χ0v) is 15.3. The molecule has 3 aromatic rings. The van der Waals surface area contributed by atoms with E-state index in [1.807, 2.05) is 0 Å². The molecule has 0 saturated heterocycles. The van der Waals surface area contributed by atoms with Crippen molar-refractivity contribution < 1.29 is 31.1 Å². The number of aromatic nitrogens is 1. The Balaban J connectivity index is 1.79. The first-order valence-corrected chi connectivity index (χ1v) is 10.1. The first-order chi connectivity index (χ1) is 12.7. The third-order valence-corrected chi connectivity index (χ3v) is 4.98. The van der Waals surface area contributed by atoms with E-state index in [1.54, 1.807) is 23.6 Å². The number of furan rings is 1. The van der Waals surface area contributed by atoms with Crippen LogP contribution in [0.2, 0.25) is 0 Å². The van der Waals surface area contributed by atoms with Crippen molar-refractivity contribution in [2.75, 3.05) is 11.6 Å². The smallest absolute Gasteiger partial charge is 0.387 e. The van der Waals surface area contributed by atoms with Crippen molar-refractivity contribution in [1.82, 2.24) is 4.98 Å². The summed E-state index contributed by atoms with van der Waals surface area (Å²) in [6.07, 6.45) is 0.958. The number of ether oxygens (including phenoxy) is 1. The number of benzene rings is 1. The van der Waals surface area contributed by atoms with Crippen molar-refractivity contribution in [3.05, 3.63) is 47.5 Å². The SMILES string of the molecule is CS(=O)(=O)c1ccc(C(=O)Nc2nc(-c3ccccc3OC(F)F)cs2)o1. The lowest BCUT2D eigenvalue weighted by Crippen LogP contribution is -2.10. The number of hydrogen-bond donors (Lipinski definition) is 1. The third kappa shape index (κ3) is 4.49. The largest absolute Gasteiger partial charge is 0.440 e. The van der Waals surface area contributed by atoms with Crippen LogP contribution in [-0.4, -0.2) is 32.2 Å². The Labute approximate surface area is 156 Å². The summed E-state index contributed by atoms with van der Waals surface area (Å²) in [6, 6.07) is 8.53. The number of nitrogens with one attached hydrogen (secondary N) is 1. The molecular weight excluding hydrogens is 402 g/mol. The Morgan fingerprint density at radius 2 is 2.00 bits per heavy atom. The maximum atomic E-state index is 12.5. The summed E-state index contributed by atoms with van der Waals surface area (Å²) in [6.45, 7) is -2.98. The van der Waals surface area contributed by atoms with Crippen molar-refractivity contribution in [3.63, 3.8) is 0 Å². The van der Waals surface area contributed by atoms with Crippen LogP contribution in [0, 0.1) is 0 Å². The van der Waals surface area contributed by atoms with Crippen LogP contribution in [0.1, 0.15) is 10.6 Å². The summed E-state index contributed by atoms with van der Waals surface area (Å²) in [5, 5.41) is 3.88. The van der Waals surface area contributed by atoms with Gasteiger partial charge in [0.25, 0.3) is 5.91 Å². The van der Waals surface area contributed by atoms with Gasteiger partial charge in [0.1, 0.15) is 5.75 Å². The lowest BCUT2D eigenvalue weighted by molar-refractivity contribution is -0.0494.